The number of carbonyl (C=O) groups is 1. The van der Waals surface area contributed by atoms with Crippen molar-refractivity contribution in [2.75, 3.05) is 13.1 Å². The van der Waals surface area contributed by atoms with E-state index in [0.717, 1.165) is 17.9 Å². The van der Waals surface area contributed by atoms with E-state index in [1.165, 1.54) is 37.1 Å². The van der Waals surface area contributed by atoms with Crippen molar-refractivity contribution in [2.45, 2.75) is 19.3 Å². The molecule has 0 radical (unpaired) electrons. The van der Waals surface area contributed by atoms with Crippen LogP contribution in [0.25, 0.3) is 11.1 Å². The zero-order chi connectivity index (χ0) is 15.4. The van der Waals surface area contributed by atoms with Crippen LogP contribution < -0.4 is 11.1 Å². The van der Waals surface area contributed by atoms with Gasteiger partial charge in [0.15, 0.2) is 0 Å². The van der Waals surface area contributed by atoms with Gasteiger partial charge in [0, 0.05) is 5.56 Å². The average Bonchev–Trinajstić information content (AvgIpc) is 3.07. The molecule has 1 aliphatic heterocycles. The number of nitrogens with one attached hydrogen (secondary N) is 1. The van der Waals surface area contributed by atoms with E-state index in [9.17, 15) is 4.79 Å². The van der Waals surface area contributed by atoms with E-state index in [2.05, 4.69) is 29.6 Å². The van der Waals surface area contributed by atoms with E-state index >= 15 is 0 Å². The van der Waals surface area contributed by atoms with Crippen molar-refractivity contribution in [3.8, 4) is 11.1 Å². The molecule has 1 heterocycles. The fourth-order valence-corrected chi connectivity index (χ4v) is 3.02. The van der Waals surface area contributed by atoms with Gasteiger partial charge in [0.25, 0.3) is 0 Å². The Kier molecular flexibility index (Phi) is 4.54. The maximum absolute atomic E-state index is 11.1. The normalized spacial score (nSPS) is 17.5. The number of hydrogen-bond donors (Lipinski definition) is 2. The number of rotatable bonds is 5. The van der Waals surface area contributed by atoms with Gasteiger partial charge in [-0.15, -0.1) is 0 Å². The molecule has 3 nitrogen and oxygen atoms in total. The summed E-state index contributed by atoms with van der Waals surface area (Å²) in [5.41, 5.74) is 9.48. The first kappa shape index (κ1) is 14.8. The molecule has 2 aromatic carbocycles. The van der Waals surface area contributed by atoms with Gasteiger partial charge < -0.3 is 11.1 Å². The molecule has 114 valence electrons. The third kappa shape index (κ3) is 3.55. The SMILES string of the molecule is NC(=O)c1ccc(-c2ccc(CCC3CCNC3)cc2)cc1. The second kappa shape index (κ2) is 6.75. The first-order valence-electron chi connectivity index (χ1n) is 7.92. The highest BCUT2D eigenvalue weighted by molar-refractivity contribution is 5.93. The highest BCUT2D eigenvalue weighted by Gasteiger charge is 2.13. The second-order valence-electron chi connectivity index (χ2n) is 6.04. The number of benzene rings is 2. The molecule has 2 aromatic rings. The molecule has 0 spiro atoms. The minimum Gasteiger partial charge on any atom is -0.366 e. The van der Waals surface area contributed by atoms with Gasteiger partial charge in [-0.1, -0.05) is 36.4 Å². The number of amides is 1. The molecule has 0 aliphatic carbocycles. The first-order valence-corrected chi connectivity index (χ1v) is 7.92. The summed E-state index contributed by atoms with van der Waals surface area (Å²) in [6.45, 7) is 2.34. The smallest absolute Gasteiger partial charge is 0.248 e. The third-order valence-electron chi connectivity index (χ3n) is 4.46. The molecule has 22 heavy (non-hydrogen) atoms. The molecule has 3 heteroatoms. The van der Waals surface area contributed by atoms with E-state index in [1.807, 2.05) is 12.1 Å². The summed E-state index contributed by atoms with van der Waals surface area (Å²) >= 11 is 0. The molecule has 1 amide bonds. The molecule has 0 bridgehead atoms. The molecular formula is C19H22N2O. The van der Waals surface area contributed by atoms with Crippen molar-refractivity contribution in [1.29, 1.82) is 0 Å². The Bertz CT molecular complexity index is 625. The molecule has 1 aliphatic rings. The summed E-state index contributed by atoms with van der Waals surface area (Å²) in [5.74, 6) is 0.448. The Morgan fingerprint density at radius 1 is 1.05 bits per heavy atom. The van der Waals surface area contributed by atoms with Crippen LogP contribution in [0, 0.1) is 5.92 Å². The van der Waals surface area contributed by atoms with Crippen LogP contribution in [0.4, 0.5) is 0 Å². The number of primary amides is 1. The van der Waals surface area contributed by atoms with Crippen molar-refractivity contribution < 1.29 is 4.79 Å². The zero-order valence-corrected chi connectivity index (χ0v) is 12.7. The summed E-state index contributed by atoms with van der Waals surface area (Å²) in [6, 6.07) is 16.2. The van der Waals surface area contributed by atoms with E-state index in [1.54, 1.807) is 12.1 Å². The lowest BCUT2D eigenvalue weighted by Gasteiger charge is -2.09. The molecule has 3 rings (SSSR count). The molecule has 1 saturated heterocycles. The quantitative estimate of drug-likeness (QED) is 0.890. The highest BCUT2D eigenvalue weighted by Crippen LogP contribution is 2.22. The lowest BCUT2D eigenvalue weighted by molar-refractivity contribution is 0.100. The fourth-order valence-electron chi connectivity index (χ4n) is 3.02. The van der Waals surface area contributed by atoms with Gasteiger partial charge in [0.1, 0.15) is 0 Å². The van der Waals surface area contributed by atoms with Gasteiger partial charge in [-0.2, -0.15) is 0 Å². The minimum absolute atomic E-state index is 0.386. The molecular weight excluding hydrogens is 272 g/mol. The molecule has 1 unspecified atom stereocenters. The highest BCUT2D eigenvalue weighted by atomic mass is 16.1. The van der Waals surface area contributed by atoms with Crippen molar-refractivity contribution >= 4 is 5.91 Å². The number of carbonyl (C=O) groups excluding carboxylic acids is 1. The van der Waals surface area contributed by atoms with Crippen molar-refractivity contribution in [3.05, 3.63) is 59.7 Å². The number of aryl methyl sites for hydroxylation is 1. The maximum atomic E-state index is 11.1. The van der Waals surface area contributed by atoms with Crippen LogP contribution in [0.5, 0.6) is 0 Å². The van der Waals surface area contributed by atoms with Gasteiger partial charge in [0.05, 0.1) is 0 Å². The van der Waals surface area contributed by atoms with Gasteiger partial charge >= 0.3 is 0 Å². The minimum atomic E-state index is -0.386. The predicted molar refractivity (Wildman–Crippen MR) is 89.7 cm³/mol. The van der Waals surface area contributed by atoms with Crippen molar-refractivity contribution in [3.63, 3.8) is 0 Å². The predicted octanol–water partition coefficient (Wildman–Crippen LogP) is 2.99. The summed E-state index contributed by atoms with van der Waals surface area (Å²) in [5, 5.41) is 3.42. The summed E-state index contributed by atoms with van der Waals surface area (Å²) in [7, 11) is 0. The Morgan fingerprint density at radius 3 is 2.23 bits per heavy atom. The fraction of sp³-hybridized carbons (Fsp3) is 0.316. The van der Waals surface area contributed by atoms with E-state index < -0.39 is 0 Å². The van der Waals surface area contributed by atoms with Crippen molar-refractivity contribution in [1.82, 2.24) is 5.32 Å². The van der Waals surface area contributed by atoms with E-state index in [0.29, 0.717) is 5.56 Å². The van der Waals surface area contributed by atoms with Crippen LogP contribution in [0.15, 0.2) is 48.5 Å². The van der Waals surface area contributed by atoms with Gasteiger partial charge in [-0.05, 0) is 67.1 Å². The largest absolute Gasteiger partial charge is 0.366 e. The standard InChI is InChI=1S/C19H22N2O/c20-19(22)18-9-7-17(8-10-18)16-5-3-14(4-6-16)1-2-15-11-12-21-13-15/h3-10,15,21H,1-2,11-13H2,(H2,20,22). The van der Waals surface area contributed by atoms with Gasteiger partial charge in [-0.3, -0.25) is 4.79 Å². The summed E-state index contributed by atoms with van der Waals surface area (Å²) in [6.07, 6.45) is 3.72. The first-order chi connectivity index (χ1) is 10.7. The average molecular weight is 294 g/mol. The Balaban J connectivity index is 1.64. The molecule has 0 aromatic heterocycles. The lowest BCUT2D eigenvalue weighted by Crippen LogP contribution is -2.10. The van der Waals surface area contributed by atoms with E-state index in [4.69, 9.17) is 5.73 Å². The molecule has 3 N–H and O–H groups in total. The molecule has 1 atom stereocenters. The summed E-state index contributed by atoms with van der Waals surface area (Å²) < 4.78 is 0. The number of nitrogens with two attached hydrogens (primary N) is 1. The lowest BCUT2D eigenvalue weighted by atomic mass is 9.97. The van der Waals surface area contributed by atoms with Gasteiger partial charge in [-0.25, -0.2) is 0 Å². The Labute approximate surface area is 131 Å². The number of hydrogen-bond acceptors (Lipinski definition) is 2. The van der Waals surface area contributed by atoms with Crippen LogP contribution in [0.3, 0.4) is 0 Å². The second-order valence-corrected chi connectivity index (χ2v) is 6.04. The van der Waals surface area contributed by atoms with E-state index in [-0.39, 0.29) is 5.91 Å². The van der Waals surface area contributed by atoms with Crippen molar-refractivity contribution in [2.24, 2.45) is 11.7 Å². The van der Waals surface area contributed by atoms with Crippen LogP contribution >= 0.6 is 0 Å². The topological polar surface area (TPSA) is 55.1 Å². The monoisotopic (exact) mass is 294 g/mol. The summed E-state index contributed by atoms with van der Waals surface area (Å²) in [4.78, 5) is 11.1. The zero-order valence-electron chi connectivity index (χ0n) is 12.7. The molecule has 0 saturated carbocycles. The van der Waals surface area contributed by atoms with Crippen LogP contribution in [0.2, 0.25) is 0 Å². The molecule has 1 fully saturated rings. The maximum Gasteiger partial charge on any atom is 0.248 e. The Morgan fingerprint density at radius 2 is 1.68 bits per heavy atom. The van der Waals surface area contributed by atoms with Gasteiger partial charge in [0.2, 0.25) is 5.91 Å². The Hall–Kier alpha value is -2.13. The van der Waals surface area contributed by atoms with Crippen LogP contribution in [-0.2, 0) is 6.42 Å². The van der Waals surface area contributed by atoms with Crippen LogP contribution in [-0.4, -0.2) is 19.0 Å². The van der Waals surface area contributed by atoms with Crippen LogP contribution in [0.1, 0.15) is 28.8 Å². The third-order valence-corrected chi connectivity index (χ3v) is 4.46.